The number of aliphatic carboxylic acids is 1. The molecule has 0 spiro atoms. The second-order valence-electron chi connectivity index (χ2n) is 3.53. The van der Waals surface area contributed by atoms with Gasteiger partial charge in [0.15, 0.2) is 0 Å². The van der Waals surface area contributed by atoms with E-state index in [1.807, 2.05) is 13.0 Å². The number of carboxylic acid groups (broad SMARTS) is 1. The summed E-state index contributed by atoms with van der Waals surface area (Å²) in [6.45, 7) is 1.88. The number of hydrogen-bond donors (Lipinski definition) is 2. The predicted molar refractivity (Wildman–Crippen MR) is 59.6 cm³/mol. The number of fused-ring (bicyclic) bond motifs is 1. The Morgan fingerprint density at radius 3 is 2.81 bits per heavy atom. The first-order valence-electron chi connectivity index (χ1n) is 4.70. The first kappa shape index (κ1) is 10.2. The van der Waals surface area contributed by atoms with Crippen LogP contribution in [0.2, 0.25) is 0 Å². The summed E-state index contributed by atoms with van der Waals surface area (Å²) in [5.41, 5.74) is 2.28. The molecular weight excluding hydrogens is 206 g/mol. The quantitative estimate of drug-likeness (QED) is 0.698. The van der Waals surface area contributed by atoms with Gasteiger partial charge < -0.3 is 10.4 Å². The van der Waals surface area contributed by atoms with Crippen LogP contribution >= 0.6 is 0 Å². The summed E-state index contributed by atoms with van der Waals surface area (Å²) in [5.74, 6) is 0.556. The lowest BCUT2D eigenvalue weighted by molar-refractivity contribution is -0.132. The molecule has 1 aliphatic heterocycles. The number of benzene rings is 1. The lowest BCUT2D eigenvalue weighted by Crippen LogP contribution is -2.12. The van der Waals surface area contributed by atoms with Crippen LogP contribution in [0.15, 0.2) is 30.0 Å². The van der Waals surface area contributed by atoms with Crippen LogP contribution in [0.3, 0.4) is 0 Å². The van der Waals surface area contributed by atoms with Crippen LogP contribution in [0.5, 0.6) is 0 Å². The highest BCUT2D eigenvalue weighted by Gasteiger charge is 2.22. The van der Waals surface area contributed by atoms with Gasteiger partial charge in [-0.2, -0.15) is 0 Å². The van der Waals surface area contributed by atoms with Crippen molar-refractivity contribution in [2.24, 2.45) is 0 Å². The molecule has 0 saturated heterocycles. The summed E-state index contributed by atoms with van der Waals surface area (Å²) in [4.78, 5) is 21.8. The number of hydrogen-bond acceptors (Lipinski definition) is 3. The zero-order valence-corrected chi connectivity index (χ0v) is 8.57. The molecule has 0 fully saturated rings. The van der Waals surface area contributed by atoms with Gasteiger partial charge in [0.2, 0.25) is 0 Å². The molecule has 0 aromatic heterocycles. The number of carboxylic acids is 1. The highest BCUT2D eigenvalue weighted by atomic mass is 16.4. The van der Waals surface area contributed by atoms with Crippen LogP contribution in [0, 0.1) is 6.92 Å². The predicted octanol–water partition coefficient (Wildman–Crippen LogP) is 1.60. The monoisotopic (exact) mass is 215 g/mol. The van der Waals surface area contributed by atoms with Gasteiger partial charge >= 0.3 is 5.97 Å². The standard InChI is InChI=1S/C12H9NO3/c1-7-2-3-11-8(4-7)10(6-14)9(5-13-11)12(15)16/h2-5,13H,1H3,(H,15,16). The normalized spacial score (nSPS) is 13.3. The number of nitrogens with one attached hydrogen (secondary N) is 1. The molecule has 0 amide bonds. The number of carbonyl (C=O) groups is 1. The van der Waals surface area contributed by atoms with E-state index in [4.69, 9.17) is 5.11 Å². The van der Waals surface area contributed by atoms with E-state index in [-0.39, 0.29) is 11.1 Å². The highest BCUT2D eigenvalue weighted by molar-refractivity contribution is 6.15. The average molecular weight is 215 g/mol. The van der Waals surface area contributed by atoms with Crippen molar-refractivity contribution in [3.8, 4) is 0 Å². The van der Waals surface area contributed by atoms with Crippen LogP contribution in [0.1, 0.15) is 11.1 Å². The molecule has 0 bridgehead atoms. The lowest BCUT2D eigenvalue weighted by atomic mass is 9.94. The molecule has 0 unspecified atom stereocenters. The van der Waals surface area contributed by atoms with Crippen molar-refractivity contribution >= 4 is 23.2 Å². The van der Waals surface area contributed by atoms with Crippen LogP contribution in [0.25, 0.3) is 5.57 Å². The van der Waals surface area contributed by atoms with E-state index in [1.165, 1.54) is 6.20 Å². The minimum Gasteiger partial charge on any atom is -0.478 e. The van der Waals surface area contributed by atoms with Crippen molar-refractivity contribution in [2.75, 3.05) is 5.32 Å². The molecule has 80 valence electrons. The summed E-state index contributed by atoms with van der Waals surface area (Å²) < 4.78 is 0. The third-order valence-corrected chi connectivity index (χ3v) is 2.42. The maximum atomic E-state index is 10.9. The van der Waals surface area contributed by atoms with Gasteiger partial charge in [0.25, 0.3) is 0 Å². The van der Waals surface area contributed by atoms with E-state index in [1.54, 1.807) is 18.1 Å². The second kappa shape index (κ2) is 3.68. The summed E-state index contributed by atoms with van der Waals surface area (Å²) in [7, 11) is 0. The number of aryl methyl sites for hydroxylation is 1. The molecule has 0 radical (unpaired) electrons. The van der Waals surface area contributed by atoms with Gasteiger partial charge in [-0.05, 0) is 19.1 Å². The van der Waals surface area contributed by atoms with E-state index in [2.05, 4.69) is 5.32 Å². The van der Waals surface area contributed by atoms with E-state index >= 15 is 0 Å². The zero-order chi connectivity index (χ0) is 11.7. The van der Waals surface area contributed by atoms with Crippen LogP contribution in [-0.2, 0) is 9.59 Å². The van der Waals surface area contributed by atoms with Gasteiger partial charge in [0.1, 0.15) is 5.94 Å². The van der Waals surface area contributed by atoms with Gasteiger partial charge in [-0.15, -0.1) is 0 Å². The Hall–Kier alpha value is -2.32. The Balaban J connectivity index is 2.64. The molecular formula is C12H9NO3. The molecule has 0 saturated carbocycles. The highest BCUT2D eigenvalue weighted by Crippen LogP contribution is 2.32. The third kappa shape index (κ3) is 1.51. The Morgan fingerprint density at radius 1 is 1.44 bits per heavy atom. The minimum atomic E-state index is -1.14. The summed E-state index contributed by atoms with van der Waals surface area (Å²) in [6, 6.07) is 5.45. The van der Waals surface area contributed by atoms with E-state index < -0.39 is 5.97 Å². The number of carbonyl (C=O) groups excluding carboxylic acids is 1. The largest absolute Gasteiger partial charge is 0.478 e. The van der Waals surface area contributed by atoms with Crippen LogP contribution in [-0.4, -0.2) is 17.0 Å². The third-order valence-electron chi connectivity index (χ3n) is 2.42. The Kier molecular flexibility index (Phi) is 2.35. The number of anilines is 1. The number of rotatable bonds is 1. The van der Waals surface area contributed by atoms with E-state index in [0.717, 1.165) is 5.56 Å². The Morgan fingerprint density at radius 2 is 2.19 bits per heavy atom. The fourth-order valence-corrected chi connectivity index (χ4v) is 1.64. The fourth-order valence-electron chi connectivity index (χ4n) is 1.64. The first-order valence-corrected chi connectivity index (χ1v) is 4.70. The van der Waals surface area contributed by atoms with E-state index in [9.17, 15) is 9.59 Å². The lowest BCUT2D eigenvalue weighted by Gasteiger charge is -2.17. The van der Waals surface area contributed by atoms with Gasteiger partial charge in [-0.1, -0.05) is 11.6 Å². The maximum absolute atomic E-state index is 10.9. The van der Waals surface area contributed by atoms with Crippen molar-refractivity contribution in [3.05, 3.63) is 41.1 Å². The summed E-state index contributed by atoms with van der Waals surface area (Å²) in [6.07, 6.45) is 1.31. The van der Waals surface area contributed by atoms with Crippen molar-refractivity contribution in [3.63, 3.8) is 0 Å². The van der Waals surface area contributed by atoms with Gasteiger partial charge in [-0.3, -0.25) is 0 Å². The maximum Gasteiger partial charge on any atom is 0.338 e. The minimum absolute atomic E-state index is 0.0619. The summed E-state index contributed by atoms with van der Waals surface area (Å²) >= 11 is 0. The smallest absolute Gasteiger partial charge is 0.338 e. The summed E-state index contributed by atoms with van der Waals surface area (Å²) in [5, 5.41) is 11.8. The molecule has 16 heavy (non-hydrogen) atoms. The zero-order valence-electron chi connectivity index (χ0n) is 8.57. The Bertz CT molecular complexity index is 551. The van der Waals surface area contributed by atoms with E-state index in [0.29, 0.717) is 11.3 Å². The van der Waals surface area contributed by atoms with Gasteiger partial charge in [0.05, 0.1) is 11.1 Å². The molecule has 1 aliphatic rings. The molecule has 0 aliphatic carbocycles. The first-order chi connectivity index (χ1) is 7.63. The molecule has 1 aromatic rings. The van der Waals surface area contributed by atoms with Crippen molar-refractivity contribution in [2.45, 2.75) is 6.92 Å². The van der Waals surface area contributed by atoms with Crippen molar-refractivity contribution in [1.82, 2.24) is 0 Å². The second-order valence-corrected chi connectivity index (χ2v) is 3.53. The molecule has 2 N–H and O–H groups in total. The molecule has 4 heteroatoms. The molecule has 4 nitrogen and oxygen atoms in total. The van der Waals surface area contributed by atoms with Crippen LogP contribution in [0.4, 0.5) is 5.69 Å². The average Bonchev–Trinajstić information content (AvgIpc) is 2.27. The Labute approximate surface area is 91.9 Å². The van der Waals surface area contributed by atoms with Crippen molar-refractivity contribution < 1.29 is 14.7 Å². The molecule has 1 aromatic carbocycles. The van der Waals surface area contributed by atoms with Gasteiger partial charge in [-0.25, -0.2) is 9.59 Å². The van der Waals surface area contributed by atoms with Crippen molar-refractivity contribution in [1.29, 1.82) is 0 Å². The molecule has 2 rings (SSSR count). The topological polar surface area (TPSA) is 66.4 Å². The fraction of sp³-hybridized carbons (Fsp3) is 0.0833. The van der Waals surface area contributed by atoms with Gasteiger partial charge in [0, 0.05) is 17.5 Å². The molecule has 1 heterocycles. The SMILES string of the molecule is Cc1ccc2c(c1)C(=C=O)C(C(=O)O)=CN2. The molecule has 0 atom stereocenters. The van der Waals surface area contributed by atoms with Crippen LogP contribution < -0.4 is 5.32 Å².